The van der Waals surface area contributed by atoms with Crippen molar-refractivity contribution < 1.29 is 4.74 Å². The van der Waals surface area contributed by atoms with Crippen LogP contribution in [0.1, 0.15) is 26.2 Å². The Kier molecular flexibility index (Phi) is 1.26. The molecular formula is C8H14O. The molecule has 0 aromatic heterocycles. The van der Waals surface area contributed by atoms with Crippen LogP contribution < -0.4 is 0 Å². The second-order valence-corrected chi connectivity index (χ2v) is 3.55. The molecule has 1 nitrogen and oxygen atoms in total. The Morgan fingerprint density at radius 1 is 1.33 bits per heavy atom. The summed E-state index contributed by atoms with van der Waals surface area (Å²) in [5, 5.41) is 0. The van der Waals surface area contributed by atoms with Gasteiger partial charge in [0.2, 0.25) is 0 Å². The Balaban J connectivity index is 1.86. The van der Waals surface area contributed by atoms with Gasteiger partial charge in [0.1, 0.15) is 0 Å². The summed E-state index contributed by atoms with van der Waals surface area (Å²) >= 11 is 0. The van der Waals surface area contributed by atoms with Gasteiger partial charge in [0.05, 0.1) is 12.7 Å². The number of hydrogen-bond acceptors (Lipinski definition) is 1. The van der Waals surface area contributed by atoms with Gasteiger partial charge in [0.15, 0.2) is 0 Å². The Hall–Kier alpha value is -0.0400. The normalized spacial score (nSPS) is 49.7. The van der Waals surface area contributed by atoms with Crippen molar-refractivity contribution in [2.24, 2.45) is 11.8 Å². The van der Waals surface area contributed by atoms with Crippen LogP contribution in [0.5, 0.6) is 0 Å². The molecular weight excluding hydrogens is 112 g/mol. The van der Waals surface area contributed by atoms with E-state index in [-0.39, 0.29) is 0 Å². The van der Waals surface area contributed by atoms with E-state index in [0.29, 0.717) is 6.10 Å². The maximum atomic E-state index is 5.24. The van der Waals surface area contributed by atoms with Gasteiger partial charge >= 0.3 is 0 Å². The minimum absolute atomic E-state index is 0.676. The van der Waals surface area contributed by atoms with E-state index in [4.69, 9.17) is 4.74 Å². The lowest BCUT2D eigenvalue weighted by molar-refractivity contribution is 0.327. The first-order valence-corrected chi connectivity index (χ1v) is 3.98. The Bertz CT molecular complexity index is 107. The molecule has 1 heteroatoms. The molecule has 1 heterocycles. The van der Waals surface area contributed by atoms with Crippen LogP contribution in [0.4, 0.5) is 0 Å². The fourth-order valence-corrected chi connectivity index (χ4v) is 1.92. The molecule has 1 saturated carbocycles. The van der Waals surface area contributed by atoms with E-state index >= 15 is 0 Å². The highest BCUT2D eigenvalue weighted by Gasteiger charge is 2.36. The summed E-state index contributed by atoms with van der Waals surface area (Å²) in [5.41, 5.74) is 0. The van der Waals surface area contributed by atoms with E-state index in [1.54, 1.807) is 0 Å². The molecule has 0 aromatic carbocycles. The van der Waals surface area contributed by atoms with Crippen molar-refractivity contribution in [2.75, 3.05) is 6.61 Å². The summed E-state index contributed by atoms with van der Waals surface area (Å²) in [6, 6.07) is 0. The van der Waals surface area contributed by atoms with Crippen molar-refractivity contribution in [1.29, 1.82) is 0 Å². The standard InChI is InChI=1S/C8H14O/c1-6-2-3-7(4-6)8-5-9-8/h6-8H,2-5H2,1H3. The van der Waals surface area contributed by atoms with Crippen LogP contribution in [0.15, 0.2) is 0 Å². The van der Waals surface area contributed by atoms with Crippen molar-refractivity contribution in [2.45, 2.75) is 32.3 Å². The minimum Gasteiger partial charge on any atom is -0.373 e. The van der Waals surface area contributed by atoms with E-state index in [1.165, 1.54) is 19.3 Å². The first-order valence-electron chi connectivity index (χ1n) is 3.98. The summed E-state index contributed by atoms with van der Waals surface area (Å²) in [7, 11) is 0. The van der Waals surface area contributed by atoms with Crippen LogP contribution in [0.3, 0.4) is 0 Å². The van der Waals surface area contributed by atoms with Crippen LogP contribution in [0.2, 0.25) is 0 Å². The fourth-order valence-electron chi connectivity index (χ4n) is 1.92. The second-order valence-electron chi connectivity index (χ2n) is 3.55. The third-order valence-electron chi connectivity index (χ3n) is 2.62. The van der Waals surface area contributed by atoms with Gasteiger partial charge in [-0.05, 0) is 24.7 Å². The fraction of sp³-hybridized carbons (Fsp3) is 1.00. The summed E-state index contributed by atoms with van der Waals surface area (Å²) < 4.78 is 5.24. The zero-order valence-electron chi connectivity index (χ0n) is 5.97. The van der Waals surface area contributed by atoms with E-state index in [1.807, 2.05) is 0 Å². The van der Waals surface area contributed by atoms with Gasteiger partial charge in [-0.1, -0.05) is 13.3 Å². The first kappa shape index (κ1) is 5.72. The predicted octanol–water partition coefficient (Wildman–Crippen LogP) is 1.82. The zero-order valence-corrected chi connectivity index (χ0v) is 5.97. The van der Waals surface area contributed by atoms with Gasteiger partial charge in [-0.25, -0.2) is 0 Å². The van der Waals surface area contributed by atoms with E-state index in [2.05, 4.69) is 6.92 Å². The highest BCUT2D eigenvalue weighted by Crippen LogP contribution is 2.37. The van der Waals surface area contributed by atoms with E-state index in [0.717, 1.165) is 18.4 Å². The third kappa shape index (κ3) is 1.11. The van der Waals surface area contributed by atoms with Gasteiger partial charge < -0.3 is 4.74 Å². The molecule has 0 aromatic rings. The van der Waals surface area contributed by atoms with Gasteiger partial charge in [-0.3, -0.25) is 0 Å². The van der Waals surface area contributed by atoms with E-state index < -0.39 is 0 Å². The average Bonchev–Trinajstić information content (AvgIpc) is 2.58. The highest BCUT2D eigenvalue weighted by molar-refractivity contribution is 4.84. The SMILES string of the molecule is CC1CCC(C2CO2)C1. The van der Waals surface area contributed by atoms with Crippen LogP contribution in [-0.4, -0.2) is 12.7 Å². The predicted molar refractivity (Wildman–Crippen MR) is 36.2 cm³/mol. The molecule has 1 aliphatic carbocycles. The maximum Gasteiger partial charge on any atom is 0.0838 e. The Labute approximate surface area is 56.4 Å². The average molecular weight is 126 g/mol. The van der Waals surface area contributed by atoms with E-state index in [9.17, 15) is 0 Å². The molecule has 0 bridgehead atoms. The van der Waals surface area contributed by atoms with Gasteiger partial charge in [-0.15, -0.1) is 0 Å². The largest absolute Gasteiger partial charge is 0.373 e. The molecule has 1 aliphatic heterocycles. The molecule has 52 valence electrons. The first-order chi connectivity index (χ1) is 4.36. The van der Waals surface area contributed by atoms with Crippen molar-refractivity contribution in [3.05, 3.63) is 0 Å². The topological polar surface area (TPSA) is 12.5 Å². The third-order valence-corrected chi connectivity index (χ3v) is 2.62. The number of hydrogen-bond donors (Lipinski definition) is 0. The molecule has 0 N–H and O–H groups in total. The Morgan fingerprint density at radius 2 is 2.11 bits per heavy atom. The van der Waals surface area contributed by atoms with Crippen molar-refractivity contribution >= 4 is 0 Å². The molecule has 2 rings (SSSR count). The van der Waals surface area contributed by atoms with Crippen molar-refractivity contribution in [1.82, 2.24) is 0 Å². The van der Waals surface area contributed by atoms with Crippen molar-refractivity contribution in [3.63, 3.8) is 0 Å². The Morgan fingerprint density at radius 3 is 2.56 bits per heavy atom. The van der Waals surface area contributed by atoms with Crippen LogP contribution in [-0.2, 0) is 4.74 Å². The van der Waals surface area contributed by atoms with Gasteiger partial charge in [0.25, 0.3) is 0 Å². The summed E-state index contributed by atoms with van der Waals surface area (Å²) in [5.74, 6) is 1.90. The molecule has 0 radical (unpaired) electrons. The lowest BCUT2D eigenvalue weighted by Crippen LogP contribution is -2.02. The maximum absolute atomic E-state index is 5.24. The van der Waals surface area contributed by atoms with Crippen LogP contribution in [0.25, 0.3) is 0 Å². The molecule has 3 atom stereocenters. The number of epoxide rings is 1. The summed E-state index contributed by atoms with van der Waals surface area (Å²) in [4.78, 5) is 0. The number of ether oxygens (including phenoxy) is 1. The number of rotatable bonds is 1. The second kappa shape index (κ2) is 1.98. The monoisotopic (exact) mass is 126 g/mol. The summed E-state index contributed by atoms with van der Waals surface area (Å²) in [6.45, 7) is 3.40. The van der Waals surface area contributed by atoms with Gasteiger partial charge in [0, 0.05) is 0 Å². The molecule has 3 unspecified atom stereocenters. The molecule has 2 fully saturated rings. The zero-order chi connectivity index (χ0) is 6.27. The summed E-state index contributed by atoms with van der Waals surface area (Å²) in [6.07, 6.45) is 4.95. The highest BCUT2D eigenvalue weighted by atomic mass is 16.6. The molecule has 1 saturated heterocycles. The molecule has 0 amide bonds. The molecule has 9 heavy (non-hydrogen) atoms. The van der Waals surface area contributed by atoms with Gasteiger partial charge in [-0.2, -0.15) is 0 Å². The minimum atomic E-state index is 0.676. The van der Waals surface area contributed by atoms with Crippen molar-refractivity contribution in [3.8, 4) is 0 Å². The lowest BCUT2D eigenvalue weighted by atomic mass is 10.0. The smallest absolute Gasteiger partial charge is 0.0838 e. The quantitative estimate of drug-likeness (QED) is 0.488. The van der Waals surface area contributed by atoms with Crippen LogP contribution in [0, 0.1) is 11.8 Å². The lowest BCUT2D eigenvalue weighted by Gasteiger charge is -2.02. The molecule has 0 spiro atoms. The molecule has 2 aliphatic rings. The van der Waals surface area contributed by atoms with Crippen LogP contribution >= 0.6 is 0 Å².